The van der Waals surface area contributed by atoms with E-state index in [2.05, 4.69) is 37.2 Å². The third-order valence-electron chi connectivity index (χ3n) is 11.9. The molecule has 0 aliphatic carbocycles. The number of aromatic hydroxyl groups is 1. The van der Waals surface area contributed by atoms with Gasteiger partial charge in [-0.1, -0.05) is 46.2 Å². The van der Waals surface area contributed by atoms with Crippen molar-refractivity contribution in [3.8, 4) is 5.75 Å². The number of hydrogen-bond donors (Lipinski definition) is 14. The third kappa shape index (κ3) is 19.4. The number of carboxylic acids is 1. The number of hydrogen-bond acceptors (Lipinski definition) is 15. The van der Waals surface area contributed by atoms with Crippen LogP contribution >= 0.6 is 0 Å². The molecule has 1 aliphatic heterocycles. The first kappa shape index (κ1) is 60.7. The van der Waals surface area contributed by atoms with E-state index in [0.717, 1.165) is 0 Å². The van der Waals surface area contributed by atoms with Gasteiger partial charge in [0.05, 0.1) is 19.1 Å². The first-order valence-corrected chi connectivity index (χ1v) is 23.4. The Kier molecular flexibility index (Phi) is 24.5. The normalized spacial score (nSPS) is 16.9. The Hall–Kier alpha value is -7.42. The number of aliphatic carboxylic acids is 1. The minimum absolute atomic E-state index is 0.0157. The average Bonchev–Trinajstić information content (AvgIpc) is 3.81. The van der Waals surface area contributed by atoms with Gasteiger partial charge in [0.1, 0.15) is 54.1 Å². The molecular formula is C45H70N12O15. The number of phenolic OH excluding ortho intramolecular Hbond substituents is 1. The standard InChI is InChI=1S/C45H70N12O15/c1-6-22(4)36(43(69)50-23(5)37(63)52-27(45(71)72)14-16-33(47)61)56-41(67)31-8-7-17-57(31)44(70)29(18-24-9-11-25(59)12-10-24)54-39(65)28(19-34(48)62)53-38(64)26(13-15-32(46)60)51-40(66)30(20-58)55-42(68)35(49)21(2)3/h9-12,21-23,26-31,35-36,58-59H,6-8,13-20,49H2,1-5H3,(H2,46,60)(H2,47,61)(H2,48,62)(H,50,69)(H,51,66)(H,52,63)(H,53,64)(H,54,65)(H,55,68)(H,56,67)(H,71,72)/t22-,23-,26-,27-,28-,29-,30-,31-,35-,36-/m0/s1. The summed E-state index contributed by atoms with van der Waals surface area (Å²) >= 11 is 0. The topological polar surface area (TPSA) is 457 Å². The molecule has 2 rings (SSSR count). The molecule has 1 aromatic rings. The first-order chi connectivity index (χ1) is 33.7. The molecule has 11 amide bonds. The van der Waals surface area contributed by atoms with Gasteiger partial charge >= 0.3 is 5.97 Å². The number of phenols is 1. The van der Waals surface area contributed by atoms with Crippen LogP contribution in [-0.2, 0) is 64.0 Å². The lowest BCUT2D eigenvalue weighted by Gasteiger charge is -2.32. The number of nitrogens with two attached hydrogens (primary N) is 4. The van der Waals surface area contributed by atoms with Crippen molar-refractivity contribution in [1.82, 2.24) is 42.1 Å². The first-order valence-electron chi connectivity index (χ1n) is 23.4. The van der Waals surface area contributed by atoms with Crippen LogP contribution in [-0.4, -0.2) is 159 Å². The quantitative estimate of drug-likeness (QED) is 0.0343. The summed E-state index contributed by atoms with van der Waals surface area (Å²) < 4.78 is 0. The van der Waals surface area contributed by atoms with E-state index >= 15 is 0 Å². The smallest absolute Gasteiger partial charge is 0.326 e. The van der Waals surface area contributed by atoms with E-state index in [4.69, 9.17) is 22.9 Å². The predicted molar refractivity (Wildman–Crippen MR) is 253 cm³/mol. The maximum Gasteiger partial charge on any atom is 0.326 e. The van der Waals surface area contributed by atoms with Crippen molar-refractivity contribution in [2.45, 2.75) is 147 Å². The number of likely N-dealkylation sites (tertiary alicyclic amines) is 1. The predicted octanol–water partition coefficient (Wildman–Crippen LogP) is -5.15. The highest BCUT2D eigenvalue weighted by Crippen LogP contribution is 2.22. The summed E-state index contributed by atoms with van der Waals surface area (Å²) in [5.74, 6) is -12.8. The fraction of sp³-hybridized carbons (Fsp3) is 0.600. The maximum atomic E-state index is 14.6. The molecule has 0 saturated carbocycles. The minimum Gasteiger partial charge on any atom is -0.508 e. The van der Waals surface area contributed by atoms with Gasteiger partial charge < -0.3 is 80.4 Å². The highest BCUT2D eigenvalue weighted by atomic mass is 16.4. The number of benzene rings is 1. The molecule has 0 radical (unpaired) electrons. The van der Waals surface area contributed by atoms with Crippen LogP contribution in [0.1, 0.15) is 91.5 Å². The molecule has 27 nitrogen and oxygen atoms in total. The fourth-order valence-electron chi connectivity index (χ4n) is 7.28. The van der Waals surface area contributed by atoms with Gasteiger partial charge in [-0.05, 0) is 62.1 Å². The van der Waals surface area contributed by atoms with E-state index in [1.54, 1.807) is 27.7 Å². The lowest BCUT2D eigenvalue weighted by Crippen LogP contribution is -2.61. The Morgan fingerprint density at radius 3 is 1.69 bits per heavy atom. The molecule has 1 fully saturated rings. The number of aliphatic hydroxyl groups is 1. The van der Waals surface area contributed by atoms with Crippen molar-refractivity contribution in [3.05, 3.63) is 29.8 Å². The van der Waals surface area contributed by atoms with Crippen molar-refractivity contribution in [2.75, 3.05) is 13.2 Å². The number of amides is 11. The highest BCUT2D eigenvalue weighted by Gasteiger charge is 2.41. The Morgan fingerprint density at radius 2 is 1.17 bits per heavy atom. The molecule has 72 heavy (non-hydrogen) atoms. The average molecular weight is 1020 g/mol. The molecule has 10 atom stereocenters. The second-order valence-electron chi connectivity index (χ2n) is 17.9. The molecule has 0 spiro atoms. The number of primary amides is 3. The largest absolute Gasteiger partial charge is 0.508 e. The number of nitrogens with zero attached hydrogens (tertiary/aromatic N) is 1. The van der Waals surface area contributed by atoms with E-state index in [1.807, 2.05) is 0 Å². The zero-order valence-electron chi connectivity index (χ0n) is 40.9. The number of aliphatic hydroxyl groups excluding tert-OH is 1. The van der Waals surface area contributed by atoms with E-state index in [9.17, 15) is 72.9 Å². The van der Waals surface area contributed by atoms with Crippen LogP contribution in [0.15, 0.2) is 24.3 Å². The van der Waals surface area contributed by atoms with E-state index in [1.165, 1.54) is 36.1 Å². The molecule has 0 bridgehead atoms. The number of carbonyl (C=O) groups excluding carboxylic acids is 11. The molecule has 0 aromatic heterocycles. The zero-order valence-corrected chi connectivity index (χ0v) is 40.9. The van der Waals surface area contributed by atoms with Gasteiger partial charge in [0.15, 0.2) is 0 Å². The van der Waals surface area contributed by atoms with Crippen molar-refractivity contribution in [1.29, 1.82) is 0 Å². The summed E-state index contributed by atoms with van der Waals surface area (Å²) in [5, 5.41) is 46.1. The van der Waals surface area contributed by atoms with E-state index < -0.39 is 157 Å². The monoisotopic (exact) mass is 1020 g/mol. The van der Waals surface area contributed by atoms with Crippen molar-refractivity contribution >= 4 is 70.9 Å². The Balaban J connectivity index is 2.42. The van der Waals surface area contributed by atoms with Crippen molar-refractivity contribution < 1.29 is 72.9 Å². The second-order valence-corrected chi connectivity index (χ2v) is 17.9. The van der Waals surface area contributed by atoms with Crippen LogP contribution in [0.3, 0.4) is 0 Å². The molecule has 1 aliphatic rings. The molecule has 0 unspecified atom stereocenters. The van der Waals surface area contributed by atoms with Crippen molar-refractivity contribution in [3.63, 3.8) is 0 Å². The van der Waals surface area contributed by atoms with E-state index in [0.29, 0.717) is 12.0 Å². The van der Waals surface area contributed by atoms with Crippen LogP contribution in [0.5, 0.6) is 5.75 Å². The maximum absolute atomic E-state index is 14.6. The SMILES string of the molecule is CC[C@H](C)[C@H](NC(=O)[C@@H]1CCCN1C(=O)[C@H](Cc1ccc(O)cc1)NC(=O)[C@H](CC(N)=O)NC(=O)[C@H](CCC(N)=O)NC(=O)[C@H](CO)NC(=O)[C@@H](N)C(C)C)C(=O)N[C@@H](C)C(=O)N[C@@H](CCC(N)=O)C(=O)O. The van der Waals surface area contributed by atoms with Crippen LogP contribution in [0.4, 0.5) is 0 Å². The molecule has 1 saturated heterocycles. The Bertz CT molecular complexity index is 2140. The van der Waals surface area contributed by atoms with Crippen LogP contribution < -0.4 is 60.2 Å². The van der Waals surface area contributed by atoms with Crippen LogP contribution in [0, 0.1) is 11.8 Å². The second kappa shape index (κ2) is 29.1. The van der Waals surface area contributed by atoms with Gasteiger partial charge in [-0.2, -0.15) is 0 Å². The summed E-state index contributed by atoms with van der Waals surface area (Å²) in [6, 6.07) is -7.53. The minimum atomic E-state index is -1.84. The summed E-state index contributed by atoms with van der Waals surface area (Å²) in [6.07, 6.45) is -2.01. The molecule has 18 N–H and O–H groups in total. The molecule has 1 aromatic carbocycles. The highest BCUT2D eigenvalue weighted by molar-refractivity contribution is 5.99. The third-order valence-corrected chi connectivity index (χ3v) is 11.9. The van der Waals surface area contributed by atoms with Crippen molar-refractivity contribution in [2.24, 2.45) is 34.8 Å². The van der Waals surface area contributed by atoms with Gasteiger partial charge in [-0.3, -0.25) is 52.7 Å². The number of carboxylic acid groups (broad SMARTS) is 1. The number of rotatable bonds is 30. The van der Waals surface area contributed by atoms with Gasteiger partial charge in [-0.15, -0.1) is 0 Å². The van der Waals surface area contributed by atoms with Gasteiger partial charge in [0.25, 0.3) is 0 Å². The summed E-state index contributed by atoms with van der Waals surface area (Å²) in [6.45, 7) is 6.98. The van der Waals surface area contributed by atoms with E-state index in [-0.39, 0.29) is 50.3 Å². The molecule has 27 heteroatoms. The fourth-order valence-corrected chi connectivity index (χ4v) is 7.28. The molecule has 1 heterocycles. The lowest BCUT2D eigenvalue weighted by atomic mass is 9.97. The summed E-state index contributed by atoms with van der Waals surface area (Å²) in [4.78, 5) is 157. The lowest BCUT2D eigenvalue weighted by molar-refractivity contribution is -0.143. The zero-order chi connectivity index (χ0) is 54.6. The molecular weight excluding hydrogens is 949 g/mol. The Labute approximate surface area is 415 Å². The van der Waals surface area contributed by atoms with Crippen LogP contribution in [0.2, 0.25) is 0 Å². The van der Waals surface area contributed by atoms with Gasteiger partial charge in [-0.25, -0.2) is 4.79 Å². The van der Waals surface area contributed by atoms with Gasteiger partial charge in [0.2, 0.25) is 65.0 Å². The Morgan fingerprint density at radius 1 is 0.653 bits per heavy atom. The van der Waals surface area contributed by atoms with Crippen LogP contribution in [0.25, 0.3) is 0 Å². The number of nitrogens with one attached hydrogen (secondary N) is 7. The number of carbonyl (C=O) groups is 12. The molecule has 400 valence electrons. The van der Waals surface area contributed by atoms with Gasteiger partial charge in [0, 0.05) is 25.8 Å². The summed E-state index contributed by atoms with van der Waals surface area (Å²) in [7, 11) is 0. The summed E-state index contributed by atoms with van der Waals surface area (Å²) in [5.41, 5.74) is 22.1.